The second-order valence-corrected chi connectivity index (χ2v) is 5.20. The first-order valence-electron chi connectivity index (χ1n) is 6.95. The average Bonchev–Trinajstić information content (AvgIpc) is 3.20. The highest BCUT2D eigenvalue weighted by atomic mass is 16.7. The number of aliphatic hydroxyl groups is 1. The van der Waals surface area contributed by atoms with Crippen molar-refractivity contribution in [1.29, 1.82) is 0 Å². The van der Waals surface area contributed by atoms with Crippen molar-refractivity contribution >= 4 is 0 Å². The second-order valence-electron chi connectivity index (χ2n) is 5.20. The molecule has 0 aliphatic carbocycles. The van der Waals surface area contributed by atoms with E-state index < -0.39 is 12.1 Å². The van der Waals surface area contributed by atoms with Crippen molar-refractivity contribution in [2.75, 3.05) is 13.6 Å². The van der Waals surface area contributed by atoms with E-state index in [2.05, 4.69) is 0 Å². The van der Waals surface area contributed by atoms with Crippen LogP contribution < -0.4 is 24.7 Å². The standard InChI is InChI=1S/C16H15NO5/c17-15(9-1-3-11-13(5-9)21-7-19-11)16(18)10-2-4-12-14(6-10)22-8-20-12/h1-6,15-16,18H,7-8,17H2/t15-,16-/m1/s1. The second kappa shape index (κ2) is 5.08. The molecule has 0 amide bonds. The van der Waals surface area contributed by atoms with Crippen molar-refractivity contribution in [3.8, 4) is 23.0 Å². The van der Waals surface area contributed by atoms with Gasteiger partial charge in [-0.1, -0.05) is 12.1 Å². The summed E-state index contributed by atoms with van der Waals surface area (Å²) in [5, 5.41) is 10.5. The number of aliphatic hydroxyl groups excluding tert-OH is 1. The first-order valence-corrected chi connectivity index (χ1v) is 6.95. The minimum Gasteiger partial charge on any atom is -0.454 e. The van der Waals surface area contributed by atoms with E-state index in [1.165, 1.54) is 0 Å². The van der Waals surface area contributed by atoms with Crippen molar-refractivity contribution < 1.29 is 24.1 Å². The van der Waals surface area contributed by atoms with E-state index in [-0.39, 0.29) is 13.6 Å². The Morgan fingerprint density at radius 3 is 1.91 bits per heavy atom. The van der Waals surface area contributed by atoms with Gasteiger partial charge in [-0.3, -0.25) is 0 Å². The van der Waals surface area contributed by atoms with Crippen molar-refractivity contribution in [1.82, 2.24) is 0 Å². The van der Waals surface area contributed by atoms with Gasteiger partial charge >= 0.3 is 0 Å². The van der Waals surface area contributed by atoms with Gasteiger partial charge in [0.05, 0.1) is 12.1 Å². The van der Waals surface area contributed by atoms with Crippen molar-refractivity contribution in [3.05, 3.63) is 47.5 Å². The molecular formula is C16H15NO5. The van der Waals surface area contributed by atoms with Gasteiger partial charge in [0.15, 0.2) is 23.0 Å². The maximum atomic E-state index is 10.5. The summed E-state index contributed by atoms with van der Waals surface area (Å²) in [4.78, 5) is 0. The summed E-state index contributed by atoms with van der Waals surface area (Å²) in [5.41, 5.74) is 7.64. The minimum atomic E-state index is -0.866. The van der Waals surface area contributed by atoms with Gasteiger partial charge in [-0.05, 0) is 35.4 Å². The van der Waals surface area contributed by atoms with Crippen LogP contribution in [0.2, 0.25) is 0 Å². The lowest BCUT2D eigenvalue weighted by atomic mass is 9.96. The van der Waals surface area contributed by atoms with E-state index in [9.17, 15) is 5.11 Å². The van der Waals surface area contributed by atoms with Crippen LogP contribution in [0.4, 0.5) is 0 Å². The number of benzene rings is 2. The Hall–Kier alpha value is -2.44. The van der Waals surface area contributed by atoms with Crippen LogP contribution >= 0.6 is 0 Å². The highest BCUT2D eigenvalue weighted by Crippen LogP contribution is 2.39. The van der Waals surface area contributed by atoms with E-state index in [1.54, 1.807) is 30.3 Å². The molecular weight excluding hydrogens is 286 g/mol. The molecule has 0 saturated carbocycles. The van der Waals surface area contributed by atoms with Gasteiger partial charge in [-0.2, -0.15) is 0 Å². The SMILES string of the molecule is N[C@H](c1ccc2c(c1)OCO2)[C@H](O)c1ccc2c(c1)OCO2. The lowest BCUT2D eigenvalue weighted by Crippen LogP contribution is -2.19. The summed E-state index contributed by atoms with van der Waals surface area (Å²) >= 11 is 0. The quantitative estimate of drug-likeness (QED) is 0.900. The molecule has 0 aromatic heterocycles. The van der Waals surface area contributed by atoms with Crippen LogP contribution in [0.5, 0.6) is 23.0 Å². The molecule has 6 heteroatoms. The summed E-state index contributed by atoms with van der Waals surface area (Å²) in [5.74, 6) is 2.63. The van der Waals surface area contributed by atoms with Gasteiger partial charge in [0.1, 0.15) is 0 Å². The fraction of sp³-hybridized carbons (Fsp3) is 0.250. The molecule has 0 unspecified atom stereocenters. The van der Waals surface area contributed by atoms with Gasteiger partial charge in [0, 0.05) is 0 Å². The van der Waals surface area contributed by atoms with Gasteiger partial charge in [0.25, 0.3) is 0 Å². The molecule has 0 fully saturated rings. The maximum Gasteiger partial charge on any atom is 0.231 e. The summed E-state index contributed by atoms with van der Waals surface area (Å²) in [7, 11) is 0. The molecule has 2 aliphatic heterocycles. The fourth-order valence-electron chi connectivity index (χ4n) is 2.61. The number of hydrogen-bond donors (Lipinski definition) is 2. The minimum absolute atomic E-state index is 0.198. The Balaban J connectivity index is 1.60. The van der Waals surface area contributed by atoms with Crippen molar-refractivity contribution in [2.45, 2.75) is 12.1 Å². The summed E-state index contributed by atoms with van der Waals surface area (Å²) < 4.78 is 21.2. The Kier molecular flexibility index (Phi) is 3.06. The number of rotatable bonds is 3. The van der Waals surface area contributed by atoms with Gasteiger partial charge in [-0.15, -0.1) is 0 Å². The third kappa shape index (κ3) is 2.13. The van der Waals surface area contributed by atoms with Gasteiger partial charge in [-0.25, -0.2) is 0 Å². The molecule has 2 aromatic carbocycles. The molecule has 0 spiro atoms. The van der Waals surface area contributed by atoms with Crippen LogP contribution in [-0.4, -0.2) is 18.7 Å². The van der Waals surface area contributed by atoms with Crippen LogP contribution in [-0.2, 0) is 0 Å². The zero-order valence-electron chi connectivity index (χ0n) is 11.7. The lowest BCUT2D eigenvalue weighted by molar-refractivity contribution is 0.146. The number of fused-ring (bicyclic) bond motifs is 2. The average molecular weight is 301 g/mol. The maximum absolute atomic E-state index is 10.5. The van der Waals surface area contributed by atoms with Crippen molar-refractivity contribution in [2.24, 2.45) is 5.73 Å². The molecule has 6 nitrogen and oxygen atoms in total. The molecule has 2 aliphatic rings. The number of nitrogens with two attached hydrogens (primary N) is 1. The lowest BCUT2D eigenvalue weighted by Gasteiger charge is -2.20. The molecule has 2 aromatic rings. The molecule has 3 N–H and O–H groups in total. The highest BCUT2D eigenvalue weighted by Gasteiger charge is 2.24. The Bertz CT molecular complexity index is 656. The number of ether oxygens (including phenoxy) is 4. The predicted octanol–water partition coefficient (Wildman–Crippen LogP) is 1.88. The summed E-state index contributed by atoms with van der Waals surface area (Å²) in [6.45, 7) is 0.405. The van der Waals surface area contributed by atoms with Crippen LogP contribution in [0.3, 0.4) is 0 Å². The van der Waals surface area contributed by atoms with Gasteiger partial charge < -0.3 is 29.8 Å². The third-order valence-corrected chi connectivity index (χ3v) is 3.86. The monoisotopic (exact) mass is 301 g/mol. The Labute approximate surface area is 127 Å². The van der Waals surface area contributed by atoms with Crippen LogP contribution in [0.1, 0.15) is 23.3 Å². The Morgan fingerprint density at radius 1 is 0.773 bits per heavy atom. The highest BCUT2D eigenvalue weighted by molar-refractivity contribution is 5.47. The van der Waals surface area contributed by atoms with Crippen molar-refractivity contribution in [3.63, 3.8) is 0 Å². The van der Waals surface area contributed by atoms with E-state index in [0.717, 1.165) is 5.56 Å². The van der Waals surface area contributed by atoms with E-state index in [1.807, 2.05) is 6.07 Å². The molecule has 114 valence electrons. The Morgan fingerprint density at radius 2 is 1.27 bits per heavy atom. The van der Waals surface area contributed by atoms with Crippen LogP contribution in [0.25, 0.3) is 0 Å². The largest absolute Gasteiger partial charge is 0.454 e. The topological polar surface area (TPSA) is 83.2 Å². The molecule has 2 atom stereocenters. The predicted molar refractivity (Wildman–Crippen MR) is 77.0 cm³/mol. The van der Waals surface area contributed by atoms with E-state index in [0.29, 0.717) is 28.6 Å². The first kappa shape index (κ1) is 13.2. The normalized spacial score (nSPS) is 17.4. The molecule has 0 bridgehead atoms. The van der Waals surface area contributed by atoms with E-state index in [4.69, 9.17) is 24.7 Å². The zero-order valence-corrected chi connectivity index (χ0v) is 11.7. The van der Waals surface area contributed by atoms with Crippen LogP contribution in [0, 0.1) is 0 Å². The zero-order chi connectivity index (χ0) is 15.1. The smallest absolute Gasteiger partial charge is 0.231 e. The summed E-state index contributed by atoms with van der Waals surface area (Å²) in [6.07, 6.45) is -0.866. The molecule has 22 heavy (non-hydrogen) atoms. The molecule has 0 radical (unpaired) electrons. The van der Waals surface area contributed by atoms with Crippen LogP contribution in [0.15, 0.2) is 36.4 Å². The van der Waals surface area contributed by atoms with Gasteiger partial charge in [0.2, 0.25) is 13.6 Å². The third-order valence-electron chi connectivity index (χ3n) is 3.86. The summed E-state index contributed by atoms with van der Waals surface area (Å²) in [6, 6.07) is 10.1. The molecule has 2 heterocycles. The number of hydrogen-bond acceptors (Lipinski definition) is 6. The first-order chi connectivity index (χ1) is 10.7. The van der Waals surface area contributed by atoms with E-state index >= 15 is 0 Å². The molecule has 4 rings (SSSR count). The fourth-order valence-corrected chi connectivity index (χ4v) is 2.61. The molecule has 0 saturated heterocycles.